The summed E-state index contributed by atoms with van der Waals surface area (Å²) >= 11 is 0. The maximum absolute atomic E-state index is 12.6. The molecule has 0 N–H and O–H groups in total. The second-order valence-corrected chi connectivity index (χ2v) is 5.16. The van der Waals surface area contributed by atoms with Crippen molar-refractivity contribution in [2.45, 2.75) is 0 Å². The van der Waals surface area contributed by atoms with Crippen molar-refractivity contribution in [3.63, 3.8) is 0 Å². The van der Waals surface area contributed by atoms with Crippen LogP contribution in [0.5, 0.6) is 28.7 Å². The van der Waals surface area contributed by atoms with Gasteiger partial charge in [0, 0.05) is 6.07 Å². The lowest BCUT2D eigenvalue weighted by molar-refractivity contribution is 0.0593. The van der Waals surface area contributed by atoms with Crippen molar-refractivity contribution in [2.75, 3.05) is 35.5 Å². The highest BCUT2D eigenvalue weighted by Crippen LogP contribution is 2.38. The molecule has 0 radical (unpaired) electrons. The normalized spacial score (nSPS) is 9.96. The van der Waals surface area contributed by atoms with E-state index in [2.05, 4.69) is 0 Å². The number of esters is 2. The van der Waals surface area contributed by atoms with Gasteiger partial charge in [-0.25, -0.2) is 9.59 Å². The number of carbonyl (C=O) groups excluding carboxylic acids is 2. The standard InChI is InChI=1S/C19H20O8/c1-22-12-6-7-13(19(21)26-5)14(10-12)27-18(20)11-8-15(23-2)17(25-4)16(9-11)24-3/h6-10H,1-5H3. The average Bonchev–Trinajstić information content (AvgIpc) is 2.71. The van der Waals surface area contributed by atoms with E-state index in [-0.39, 0.29) is 16.9 Å². The first-order valence-corrected chi connectivity index (χ1v) is 7.77. The molecular formula is C19H20O8. The van der Waals surface area contributed by atoms with Crippen LogP contribution in [-0.2, 0) is 4.74 Å². The molecule has 8 nitrogen and oxygen atoms in total. The molecule has 0 aromatic heterocycles. The lowest BCUT2D eigenvalue weighted by atomic mass is 10.1. The van der Waals surface area contributed by atoms with E-state index >= 15 is 0 Å². The third-order valence-electron chi connectivity index (χ3n) is 3.70. The molecule has 2 aromatic carbocycles. The number of hydrogen-bond acceptors (Lipinski definition) is 8. The fraction of sp³-hybridized carbons (Fsp3) is 0.263. The van der Waals surface area contributed by atoms with Crippen molar-refractivity contribution in [1.82, 2.24) is 0 Å². The van der Waals surface area contributed by atoms with Crippen LogP contribution in [0.1, 0.15) is 20.7 Å². The minimum Gasteiger partial charge on any atom is -0.497 e. The Morgan fingerprint density at radius 3 is 1.81 bits per heavy atom. The monoisotopic (exact) mass is 376 g/mol. The Hall–Kier alpha value is -3.42. The molecule has 0 bridgehead atoms. The van der Waals surface area contributed by atoms with Crippen molar-refractivity contribution in [3.8, 4) is 28.7 Å². The van der Waals surface area contributed by atoms with E-state index < -0.39 is 11.9 Å². The zero-order valence-corrected chi connectivity index (χ0v) is 15.7. The zero-order valence-electron chi connectivity index (χ0n) is 15.7. The molecule has 144 valence electrons. The Bertz CT molecular complexity index is 819. The third-order valence-corrected chi connectivity index (χ3v) is 3.70. The predicted octanol–water partition coefficient (Wildman–Crippen LogP) is 2.73. The summed E-state index contributed by atoms with van der Waals surface area (Å²) in [5, 5.41) is 0. The van der Waals surface area contributed by atoms with Crippen LogP contribution in [0.2, 0.25) is 0 Å². The number of ether oxygens (including phenoxy) is 6. The van der Waals surface area contributed by atoms with Crippen molar-refractivity contribution < 1.29 is 38.0 Å². The van der Waals surface area contributed by atoms with Crippen LogP contribution in [0.15, 0.2) is 30.3 Å². The van der Waals surface area contributed by atoms with Gasteiger partial charge in [-0.3, -0.25) is 0 Å². The van der Waals surface area contributed by atoms with Gasteiger partial charge in [0.15, 0.2) is 11.5 Å². The number of hydrogen-bond donors (Lipinski definition) is 0. The first kappa shape index (κ1) is 19.9. The van der Waals surface area contributed by atoms with Crippen LogP contribution in [-0.4, -0.2) is 47.5 Å². The Labute approximate surface area is 156 Å². The Morgan fingerprint density at radius 1 is 0.704 bits per heavy atom. The van der Waals surface area contributed by atoms with Gasteiger partial charge >= 0.3 is 11.9 Å². The molecule has 27 heavy (non-hydrogen) atoms. The smallest absolute Gasteiger partial charge is 0.343 e. The molecule has 0 amide bonds. The third kappa shape index (κ3) is 4.22. The molecule has 0 aliphatic heterocycles. The maximum atomic E-state index is 12.6. The van der Waals surface area contributed by atoms with E-state index in [0.717, 1.165) is 0 Å². The van der Waals surface area contributed by atoms with Crippen molar-refractivity contribution >= 4 is 11.9 Å². The highest BCUT2D eigenvalue weighted by Gasteiger charge is 2.21. The zero-order chi connectivity index (χ0) is 20.0. The van der Waals surface area contributed by atoms with Gasteiger partial charge < -0.3 is 28.4 Å². The summed E-state index contributed by atoms with van der Waals surface area (Å²) in [5.74, 6) is -0.0354. The van der Waals surface area contributed by atoms with Gasteiger partial charge in [0.05, 0.1) is 41.1 Å². The molecule has 0 aliphatic carbocycles. The molecule has 0 spiro atoms. The van der Waals surface area contributed by atoms with Gasteiger partial charge in [-0.05, 0) is 24.3 Å². The summed E-state index contributed by atoms with van der Waals surface area (Å²) in [6.07, 6.45) is 0. The second kappa shape index (κ2) is 8.79. The average molecular weight is 376 g/mol. The van der Waals surface area contributed by atoms with E-state index in [0.29, 0.717) is 23.0 Å². The molecule has 0 fully saturated rings. The van der Waals surface area contributed by atoms with Gasteiger partial charge in [0.1, 0.15) is 17.1 Å². The largest absolute Gasteiger partial charge is 0.497 e. The molecule has 0 unspecified atom stereocenters. The number of methoxy groups -OCH3 is 5. The Balaban J connectivity index is 2.44. The summed E-state index contributed by atoms with van der Waals surface area (Å²) in [6.45, 7) is 0. The topological polar surface area (TPSA) is 89.5 Å². The highest BCUT2D eigenvalue weighted by molar-refractivity contribution is 5.97. The van der Waals surface area contributed by atoms with E-state index in [1.165, 1.54) is 59.8 Å². The van der Waals surface area contributed by atoms with Gasteiger partial charge in [0.25, 0.3) is 0 Å². The van der Waals surface area contributed by atoms with Crippen LogP contribution in [0.4, 0.5) is 0 Å². The second-order valence-electron chi connectivity index (χ2n) is 5.16. The van der Waals surface area contributed by atoms with Crippen LogP contribution in [0.25, 0.3) is 0 Å². The molecule has 0 atom stereocenters. The minimum absolute atomic E-state index is 0.0000447. The van der Waals surface area contributed by atoms with E-state index in [1.807, 2.05) is 0 Å². The van der Waals surface area contributed by atoms with Crippen LogP contribution in [0, 0.1) is 0 Å². The van der Waals surface area contributed by atoms with Gasteiger partial charge in [0.2, 0.25) is 5.75 Å². The van der Waals surface area contributed by atoms with Crippen molar-refractivity contribution in [2.24, 2.45) is 0 Å². The summed E-state index contributed by atoms with van der Waals surface area (Å²) in [5.41, 5.74) is 0.224. The summed E-state index contributed by atoms with van der Waals surface area (Å²) < 4.78 is 30.9. The molecule has 8 heteroatoms. The van der Waals surface area contributed by atoms with Crippen molar-refractivity contribution in [1.29, 1.82) is 0 Å². The fourth-order valence-electron chi connectivity index (χ4n) is 2.35. The molecule has 2 aromatic rings. The van der Waals surface area contributed by atoms with Crippen LogP contribution >= 0.6 is 0 Å². The van der Waals surface area contributed by atoms with E-state index in [1.54, 1.807) is 6.07 Å². The van der Waals surface area contributed by atoms with Gasteiger partial charge in [-0.15, -0.1) is 0 Å². The number of benzene rings is 2. The molecule has 0 aliphatic rings. The lowest BCUT2D eigenvalue weighted by Crippen LogP contribution is -2.13. The van der Waals surface area contributed by atoms with Gasteiger partial charge in [-0.1, -0.05) is 0 Å². The van der Waals surface area contributed by atoms with Crippen molar-refractivity contribution in [3.05, 3.63) is 41.5 Å². The lowest BCUT2D eigenvalue weighted by Gasteiger charge is -2.14. The van der Waals surface area contributed by atoms with E-state index in [4.69, 9.17) is 28.4 Å². The minimum atomic E-state index is -0.729. The van der Waals surface area contributed by atoms with Gasteiger partial charge in [-0.2, -0.15) is 0 Å². The first-order valence-electron chi connectivity index (χ1n) is 7.77. The highest BCUT2D eigenvalue weighted by atomic mass is 16.5. The summed E-state index contributed by atoms with van der Waals surface area (Å²) in [7, 11) is 7.01. The molecular weight excluding hydrogens is 356 g/mol. The molecule has 0 saturated carbocycles. The SMILES string of the molecule is COC(=O)c1ccc(OC)cc1OC(=O)c1cc(OC)c(OC)c(OC)c1. The maximum Gasteiger partial charge on any atom is 0.343 e. The molecule has 0 saturated heterocycles. The first-order chi connectivity index (χ1) is 13.0. The molecule has 2 rings (SSSR count). The number of rotatable bonds is 7. The fourth-order valence-corrected chi connectivity index (χ4v) is 2.35. The number of carbonyl (C=O) groups is 2. The quantitative estimate of drug-likeness (QED) is 0.538. The summed E-state index contributed by atoms with van der Waals surface area (Å²) in [4.78, 5) is 24.6. The Morgan fingerprint density at radius 2 is 1.33 bits per heavy atom. The Kier molecular flexibility index (Phi) is 6.48. The summed E-state index contributed by atoms with van der Waals surface area (Å²) in [6, 6.07) is 7.32. The van der Waals surface area contributed by atoms with Crippen LogP contribution in [0.3, 0.4) is 0 Å². The van der Waals surface area contributed by atoms with Crippen LogP contribution < -0.4 is 23.7 Å². The predicted molar refractivity (Wildman–Crippen MR) is 95.4 cm³/mol. The van der Waals surface area contributed by atoms with E-state index in [9.17, 15) is 9.59 Å². The molecule has 0 heterocycles.